The molecular weight excluding hydrogens is 344 g/mol. The Bertz CT molecular complexity index is 719. The van der Waals surface area contributed by atoms with Crippen LogP contribution in [0.1, 0.15) is 91.2 Å². The lowest BCUT2D eigenvalue weighted by molar-refractivity contribution is 0.375. The van der Waals surface area contributed by atoms with Crippen molar-refractivity contribution in [3.63, 3.8) is 0 Å². The van der Waals surface area contributed by atoms with Gasteiger partial charge in [0.2, 0.25) is 0 Å². The number of rotatable bonds is 2. The Morgan fingerprint density at radius 3 is 1.14 bits per heavy atom. The quantitative estimate of drug-likeness (QED) is 0.581. The third-order valence-electron chi connectivity index (χ3n) is 6.79. The molecular formula is C26H36O2. The predicted octanol–water partition coefficient (Wildman–Crippen LogP) is 7.14. The van der Waals surface area contributed by atoms with Crippen molar-refractivity contribution in [1.29, 1.82) is 0 Å². The summed E-state index contributed by atoms with van der Waals surface area (Å²) in [7, 11) is 0. The van der Waals surface area contributed by atoms with E-state index in [-0.39, 0.29) is 5.41 Å². The Kier molecular flexibility index (Phi) is 6.37. The van der Waals surface area contributed by atoms with Crippen LogP contribution in [0.2, 0.25) is 0 Å². The molecule has 28 heavy (non-hydrogen) atoms. The summed E-state index contributed by atoms with van der Waals surface area (Å²) in [5.74, 6) is 0.827. The monoisotopic (exact) mass is 380 g/mol. The van der Waals surface area contributed by atoms with Crippen molar-refractivity contribution in [2.24, 2.45) is 0 Å². The van der Waals surface area contributed by atoms with E-state index in [1.165, 1.54) is 56.1 Å². The summed E-state index contributed by atoms with van der Waals surface area (Å²) in [5.41, 5.74) is 6.43. The zero-order chi connectivity index (χ0) is 20.3. The molecule has 2 aromatic rings. The van der Waals surface area contributed by atoms with Crippen LogP contribution in [0, 0.1) is 27.7 Å². The smallest absolute Gasteiger partial charge is 0.121 e. The summed E-state index contributed by atoms with van der Waals surface area (Å²) >= 11 is 0. The van der Waals surface area contributed by atoms with E-state index in [0.29, 0.717) is 11.5 Å². The van der Waals surface area contributed by atoms with Gasteiger partial charge >= 0.3 is 0 Å². The first kappa shape index (κ1) is 20.8. The molecule has 1 fully saturated rings. The number of hydrogen-bond acceptors (Lipinski definition) is 2. The van der Waals surface area contributed by atoms with E-state index in [1.807, 2.05) is 27.7 Å². The number of benzene rings is 2. The van der Waals surface area contributed by atoms with Crippen LogP contribution < -0.4 is 0 Å². The normalized spacial score (nSPS) is 18.0. The second-order valence-electron chi connectivity index (χ2n) is 8.97. The highest BCUT2D eigenvalue weighted by molar-refractivity contribution is 5.52. The van der Waals surface area contributed by atoms with Gasteiger partial charge in [0.1, 0.15) is 11.5 Å². The second kappa shape index (κ2) is 8.59. The van der Waals surface area contributed by atoms with E-state index in [9.17, 15) is 10.2 Å². The lowest BCUT2D eigenvalue weighted by Gasteiger charge is -2.37. The van der Waals surface area contributed by atoms with Crippen LogP contribution in [-0.2, 0) is 5.41 Å². The first-order valence-electron chi connectivity index (χ1n) is 11.0. The van der Waals surface area contributed by atoms with E-state index in [4.69, 9.17) is 0 Å². The molecule has 3 rings (SSSR count). The van der Waals surface area contributed by atoms with Gasteiger partial charge in [0.15, 0.2) is 0 Å². The molecule has 2 nitrogen and oxygen atoms in total. The first-order valence-corrected chi connectivity index (χ1v) is 11.0. The predicted molar refractivity (Wildman–Crippen MR) is 117 cm³/mol. The zero-order valence-corrected chi connectivity index (χ0v) is 18.1. The van der Waals surface area contributed by atoms with Gasteiger partial charge in [-0.3, -0.25) is 0 Å². The van der Waals surface area contributed by atoms with Crippen LogP contribution in [-0.4, -0.2) is 10.2 Å². The van der Waals surface area contributed by atoms with Crippen molar-refractivity contribution in [1.82, 2.24) is 0 Å². The topological polar surface area (TPSA) is 40.5 Å². The maximum absolute atomic E-state index is 10.4. The van der Waals surface area contributed by atoms with Gasteiger partial charge < -0.3 is 10.2 Å². The van der Waals surface area contributed by atoms with Gasteiger partial charge in [-0.2, -0.15) is 0 Å². The Morgan fingerprint density at radius 2 is 0.821 bits per heavy atom. The fraction of sp³-hybridized carbons (Fsp3) is 0.538. The van der Waals surface area contributed by atoms with E-state index < -0.39 is 0 Å². The summed E-state index contributed by atoms with van der Waals surface area (Å²) in [6.45, 7) is 8.03. The van der Waals surface area contributed by atoms with Crippen molar-refractivity contribution < 1.29 is 10.2 Å². The largest absolute Gasteiger partial charge is 0.507 e. The molecule has 2 heteroatoms. The summed E-state index contributed by atoms with van der Waals surface area (Å²) in [6.07, 6.45) is 11.3. The molecule has 2 aromatic carbocycles. The van der Waals surface area contributed by atoms with Crippen LogP contribution in [0.15, 0.2) is 24.3 Å². The lowest BCUT2D eigenvalue weighted by Crippen LogP contribution is -2.29. The molecule has 1 saturated carbocycles. The van der Waals surface area contributed by atoms with Crippen LogP contribution in [0.4, 0.5) is 0 Å². The minimum absolute atomic E-state index is 0.0518. The molecule has 0 heterocycles. The standard InChI is InChI=1S/C26H36O2/c1-18-14-22(15-19(2)24(18)27)26(12-10-8-6-5-7-9-11-13-26)23-16-20(3)25(28)21(4)17-23/h14-17,27-28H,5-13H2,1-4H3. The molecule has 1 aliphatic carbocycles. The third-order valence-corrected chi connectivity index (χ3v) is 6.79. The molecule has 0 aromatic heterocycles. The van der Waals surface area contributed by atoms with E-state index in [1.54, 1.807) is 0 Å². The number of aromatic hydroxyl groups is 2. The zero-order valence-electron chi connectivity index (χ0n) is 18.1. The number of hydrogen-bond donors (Lipinski definition) is 2. The van der Waals surface area contributed by atoms with Gasteiger partial charge in [0.05, 0.1) is 0 Å². The summed E-state index contributed by atoms with van der Waals surface area (Å²) in [5, 5.41) is 20.7. The fourth-order valence-electron chi connectivity index (χ4n) is 5.07. The Hall–Kier alpha value is -1.96. The Morgan fingerprint density at radius 1 is 0.536 bits per heavy atom. The molecule has 2 N–H and O–H groups in total. The van der Waals surface area contributed by atoms with E-state index >= 15 is 0 Å². The Labute approximate surface area is 170 Å². The molecule has 0 aliphatic heterocycles. The molecule has 152 valence electrons. The average molecular weight is 381 g/mol. The third kappa shape index (κ3) is 4.06. The fourth-order valence-corrected chi connectivity index (χ4v) is 5.07. The minimum Gasteiger partial charge on any atom is -0.507 e. The molecule has 0 bridgehead atoms. The maximum atomic E-state index is 10.4. The highest BCUT2D eigenvalue weighted by Gasteiger charge is 2.35. The highest BCUT2D eigenvalue weighted by atomic mass is 16.3. The molecule has 0 amide bonds. The van der Waals surface area contributed by atoms with Crippen molar-refractivity contribution in [3.05, 3.63) is 57.6 Å². The summed E-state index contributed by atoms with van der Waals surface area (Å²) in [6, 6.07) is 8.80. The average Bonchev–Trinajstić information content (AvgIpc) is 2.67. The first-order chi connectivity index (χ1) is 13.3. The highest BCUT2D eigenvalue weighted by Crippen LogP contribution is 2.45. The molecule has 0 radical (unpaired) electrons. The summed E-state index contributed by atoms with van der Waals surface area (Å²) in [4.78, 5) is 0. The van der Waals surface area contributed by atoms with Gasteiger partial charge in [-0.15, -0.1) is 0 Å². The van der Waals surface area contributed by atoms with Crippen molar-refractivity contribution in [2.75, 3.05) is 0 Å². The SMILES string of the molecule is Cc1cc(C2(c3cc(C)c(O)c(C)c3)CCCCCCCCC2)cc(C)c1O. The van der Waals surface area contributed by atoms with Crippen LogP contribution >= 0.6 is 0 Å². The van der Waals surface area contributed by atoms with Gasteiger partial charge in [-0.1, -0.05) is 69.2 Å². The molecule has 0 atom stereocenters. The minimum atomic E-state index is -0.0518. The number of aryl methyl sites for hydroxylation is 4. The van der Waals surface area contributed by atoms with Crippen LogP contribution in [0.5, 0.6) is 11.5 Å². The van der Waals surface area contributed by atoms with Gasteiger partial charge in [-0.25, -0.2) is 0 Å². The Balaban J connectivity index is 2.20. The van der Waals surface area contributed by atoms with Gasteiger partial charge in [0, 0.05) is 5.41 Å². The molecule has 0 unspecified atom stereocenters. The summed E-state index contributed by atoms with van der Waals surface area (Å²) < 4.78 is 0. The van der Waals surface area contributed by atoms with Crippen molar-refractivity contribution >= 4 is 0 Å². The molecule has 1 aliphatic rings. The lowest BCUT2D eigenvalue weighted by atomic mass is 9.66. The van der Waals surface area contributed by atoms with Gasteiger partial charge in [-0.05, 0) is 73.9 Å². The van der Waals surface area contributed by atoms with Crippen LogP contribution in [0.25, 0.3) is 0 Å². The second-order valence-corrected chi connectivity index (χ2v) is 8.97. The molecule has 0 saturated heterocycles. The number of phenolic OH excluding ortho intramolecular Hbond substituents is 2. The van der Waals surface area contributed by atoms with E-state index in [0.717, 1.165) is 35.1 Å². The van der Waals surface area contributed by atoms with Gasteiger partial charge in [0.25, 0.3) is 0 Å². The van der Waals surface area contributed by atoms with E-state index in [2.05, 4.69) is 24.3 Å². The number of phenols is 2. The van der Waals surface area contributed by atoms with Crippen molar-refractivity contribution in [2.45, 2.75) is 90.9 Å². The maximum Gasteiger partial charge on any atom is 0.121 e. The molecule has 0 spiro atoms. The van der Waals surface area contributed by atoms with Crippen LogP contribution in [0.3, 0.4) is 0 Å². The van der Waals surface area contributed by atoms with Crippen molar-refractivity contribution in [3.8, 4) is 11.5 Å².